The molecule has 0 aromatic carbocycles. The molecule has 0 saturated carbocycles. The summed E-state index contributed by atoms with van der Waals surface area (Å²) in [5.74, 6) is 0. The summed E-state index contributed by atoms with van der Waals surface area (Å²) in [5, 5.41) is 5.19. The van der Waals surface area contributed by atoms with Crippen LogP contribution < -0.4 is 5.56 Å². The van der Waals surface area contributed by atoms with E-state index in [1.807, 2.05) is 0 Å². The van der Waals surface area contributed by atoms with Crippen molar-refractivity contribution < 1.29 is 8.42 Å². The summed E-state index contributed by atoms with van der Waals surface area (Å²) in [7, 11) is -3.20. The van der Waals surface area contributed by atoms with E-state index in [9.17, 15) is 13.2 Å². The second-order valence-corrected chi connectivity index (χ2v) is 5.37. The normalized spacial score (nSPS) is 18.1. The predicted molar refractivity (Wildman–Crippen MR) is 50.4 cm³/mol. The summed E-state index contributed by atoms with van der Waals surface area (Å²) in [6.07, 6.45) is 1.71. The summed E-state index contributed by atoms with van der Waals surface area (Å²) >= 11 is 0. The van der Waals surface area contributed by atoms with Crippen LogP contribution in [-0.4, -0.2) is 35.7 Å². The van der Waals surface area contributed by atoms with Crippen LogP contribution in [0.2, 0.25) is 0 Å². The van der Waals surface area contributed by atoms with Crippen molar-refractivity contribution in [3.8, 4) is 0 Å². The molecule has 0 radical (unpaired) electrons. The third kappa shape index (κ3) is 1.48. The molecule has 1 aromatic heterocycles. The highest BCUT2D eigenvalue weighted by atomic mass is 32.2. The van der Waals surface area contributed by atoms with Crippen molar-refractivity contribution in [2.75, 3.05) is 12.8 Å². The van der Waals surface area contributed by atoms with E-state index >= 15 is 0 Å². The van der Waals surface area contributed by atoms with Gasteiger partial charge >= 0.3 is 0 Å². The van der Waals surface area contributed by atoms with Crippen LogP contribution >= 0.6 is 0 Å². The summed E-state index contributed by atoms with van der Waals surface area (Å²) in [6, 6.07) is 0. The standard InChI is InChI=1S/C7H11N3O3S/c1-14(12,13)10-3-2-6-5(4-10)7(11)9-8-6/h2-4H2,1H3,(H2,8,9,11). The van der Waals surface area contributed by atoms with Gasteiger partial charge in [-0.2, -0.15) is 4.31 Å². The lowest BCUT2D eigenvalue weighted by atomic mass is 10.1. The quantitative estimate of drug-likeness (QED) is 0.634. The Morgan fingerprint density at radius 3 is 2.71 bits per heavy atom. The summed E-state index contributed by atoms with van der Waals surface area (Å²) in [6.45, 7) is 0.604. The van der Waals surface area contributed by atoms with Gasteiger partial charge in [0.25, 0.3) is 5.56 Å². The van der Waals surface area contributed by atoms with Gasteiger partial charge in [-0.25, -0.2) is 8.42 Å². The van der Waals surface area contributed by atoms with Gasteiger partial charge in [-0.1, -0.05) is 0 Å². The Bertz CT molecular complexity index is 498. The van der Waals surface area contributed by atoms with Crippen LogP contribution in [0.4, 0.5) is 0 Å². The molecule has 14 heavy (non-hydrogen) atoms. The molecule has 1 aliphatic heterocycles. The number of aromatic nitrogens is 2. The average Bonchev–Trinajstić information content (AvgIpc) is 2.46. The predicted octanol–water partition coefficient (Wildman–Crippen LogP) is -0.979. The molecule has 6 nitrogen and oxygen atoms in total. The molecule has 0 amide bonds. The maximum absolute atomic E-state index is 11.2. The van der Waals surface area contributed by atoms with Crippen LogP contribution in [0.15, 0.2) is 4.79 Å². The van der Waals surface area contributed by atoms with Crippen LogP contribution in [0.3, 0.4) is 0 Å². The largest absolute Gasteiger partial charge is 0.302 e. The Kier molecular flexibility index (Phi) is 2.00. The molecular formula is C7H11N3O3S. The minimum Gasteiger partial charge on any atom is -0.302 e. The van der Waals surface area contributed by atoms with E-state index in [4.69, 9.17) is 0 Å². The lowest BCUT2D eigenvalue weighted by molar-refractivity contribution is 0.392. The first-order chi connectivity index (χ1) is 6.48. The van der Waals surface area contributed by atoms with Crippen LogP contribution in [0.1, 0.15) is 11.3 Å². The first-order valence-corrected chi connectivity index (χ1v) is 6.07. The van der Waals surface area contributed by atoms with E-state index in [2.05, 4.69) is 10.2 Å². The van der Waals surface area contributed by atoms with E-state index in [-0.39, 0.29) is 12.1 Å². The second-order valence-electron chi connectivity index (χ2n) is 3.38. The summed E-state index contributed by atoms with van der Waals surface area (Å²) in [5.41, 5.74) is 1.12. The molecule has 0 aliphatic carbocycles. The number of fused-ring (bicyclic) bond motifs is 1. The van der Waals surface area contributed by atoms with Gasteiger partial charge in [-0.15, -0.1) is 0 Å². The van der Waals surface area contributed by atoms with Crippen LogP contribution in [0.25, 0.3) is 0 Å². The molecule has 2 rings (SSSR count). The first-order valence-electron chi connectivity index (χ1n) is 4.22. The Morgan fingerprint density at radius 2 is 2.07 bits per heavy atom. The number of hydrogen-bond donors (Lipinski definition) is 2. The molecule has 0 spiro atoms. The molecule has 1 aromatic rings. The molecule has 78 valence electrons. The molecule has 2 heterocycles. The molecule has 1 aliphatic rings. The molecule has 0 fully saturated rings. The number of hydrogen-bond acceptors (Lipinski definition) is 3. The molecule has 0 bridgehead atoms. The number of nitrogens with one attached hydrogen (secondary N) is 2. The van der Waals surface area contributed by atoms with Crippen LogP contribution in [0.5, 0.6) is 0 Å². The minimum absolute atomic E-state index is 0.174. The van der Waals surface area contributed by atoms with Crippen molar-refractivity contribution in [1.29, 1.82) is 0 Å². The lowest BCUT2D eigenvalue weighted by Gasteiger charge is -2.23. The number of nitrogens with zero attached hydrogens (tertiary/aromatic N) is 1. The second kappa shape index (κ2) is 2.96. The average molecular weight is 217 g/mol. The number of rotatable bonds is 1. The fourth-order valence-corrected chi connectivity index (χ4v) is 2.36. The van der Waals surface area contributed by atoms with E-state index in [0.717, 1.165) is 11.9 Å². The Balaban J connectivity index is 2.38. The molecule has 2 N–H and O–H groups in total. The Hall–Kier alpha value is -1.08. The summed E-state index contributed by atoms with van der Waals surface area (Å²) < 4.78 is 23.8. The highest BCUT2D eigenvalue weighted by Gasteiger charge is 2.25. The van der Waals surface area contributed by atoms with Gasteiger partial charge < -0.3 is 5.10 Å². The van der Waals surface area contributed by atoms with Crippen LogP contribution in [-0.2, 0) is 23.0 Å². The van der Waals surface area contributed by atoms with Gasteiger partial charge in [-0.05, 0) is 0 Å². The molecular weight excluding hydrogens is 206 g/mol. The minimum atomic E-state index is -3.20. The Labute approximate surface area is 81.0 Å². The van der Waals surface area contributed by atoms with E-state index in [0.29, 0.717) is 18.5 Å². The maximum Gasteiger partial charge on any atom is 0.268 e. The SMILES string of the molecule is CS(=O)(=O)N1CCc2[nH][nH]c(=O)c2C1. The van der Waals surface area contributed by atoms with Crippen molar-refractivity contribution in [3.05, 3.63) is 21.6 Å². The zero-order valence-electron chi connectivity index (χ0n) is 7.70. The molecule has 7 heteroatoms. The third-order valence-corrected chi connectivity index (χ3v) is 3.63. The van der Waals surface area contributed by atoms with Crippen LogP contribution in [0, 0.1) is 0 Å². The van der Waals surface area contributed by atoms with Gasteiger partial charge in [0, 0.05) is 25.2 Å². The van der Waals surface area contributed by atoms with Gasteiger partial charge in [0.1, 0.15) is 0 Å². The fraction of sp³-hybridized carbons (Fsp3) is 0.571. The van der Waals surface area contributed by atoms with Crippen molar-refractivity contribution in [3.63, 3.8) is 0 Å². The van der Waals surface area contributed by atoms with Gasteiger partial charge in [0.15, 0.2) is 0 Å². The van der Waals surface area contributed by atoms with E-state index < -0.39 is 10.0 Å². The molecule has 0 saturated heterocycles. The fourth-order valence-electron chi connectivity index (χ4n) is 1.58. The zero-order valence-corrected chi connectivity index (χ0v) is 8.52. The van der Waals surface area contributed by atoms with Gasteiger partial charge in [-0.3, -0.25) is 9.89 Å². The third-order valence-electron chi connectivity index (χ3n) is 2.38. The topological polar surface area (TPSA) is 86.0 Å². The Morgan fingerprint density at radius 1 is 1.36 bits per heavy atom. The van der Waals surface area contributed by atoms with Gasteiger partial charge in [0.2, 0.25) is 10.0 Å². The van der Waals surface area contributed by atoms with Crippen molar-refractivity contribution in [1.82, 2.24) is 14.5 Å². The number of aromatic amines is 2. The van der Waals surface area contributed by atoms with Gasteiger partial charge in [0.05, 0.1) is 11.8 Å². The zero-order chi connectivity index (χ0) is 10.3. The van der Waals surface area contributed by atoms with E-state index in [1.54, 1.807) is 0 Å². The highest BCUT2D eigenvalue weighted by molar-refractivity contribution is 7.88. The number of H-pyrrole nitrogens is 2. The van der Waals surface area contributed by atoms with Crippen molar-refractivity contribution in [2.45, 2.75) is 13.0 Å². The highest BCUT2D eigenvalue weighted by Crippen LogP contribution is 2.15. The van der Waals surface area contributed by atoms with Crippen molar-refractivity contribution >= 4 is 10.0 Å². The first kappa shape index (κ1) is 9.47. The monoisotopic (exact) mass is 217 g/mol. The smallest absolute Gasteiger partial charge is 0.268 e. The lowest BCUT2D eigenvalue weighted by Crippen LogP contribution is -2.36. The summed E-state index contributed by atoms with van der Waals surface area (Å²) in [4.78, 5) is 11.2. The maximum atomic E-state index is 11.2. The molecule has 0 atom stereocenters. The number of sulfonamides is 1. The molecule has 0 unspecified atom stereocenters. The van der Waals surface area contributed by atoms with E-state index in [1.165, 1.54) is 4.31 Å². The van der Waals surface area contributed by atoms with Crippen molar-refractivity contribution in [2.24, 2.45) is 0 Å².